The van der Waals surface area contributed by atoms with Crippen molar-refractivity contribution in [3.05, 3.63) is 71.4 Å². The van der Waals surface area contributed by atoms with Crippen molar-refractivity contribution in [1.29, 1.82) is 0 Å². The number of aryl methyl sites for hydroxylation is 1. The molecule has 0 aliphatic carbocycles. The molecule has 3 heteroatoms. The monoisotopic (exact) mass is 278 g/mol. The van der Waals surface area contributed by atoms with Crippen molar-refractivity contribution in [1.82, 2.24) is 10.3 Å². The quantitative estimate of drug-likeness (QED) is 0.754. The maximum absolute atomic E-state index is 12.2. The summed E-state index contributed by atoms with van der Waals surface area (Å²) < 4.78 is 0. The van der Waals surface area contributed by atoms with E-state index < -0.39 is 0 Å². The fourth-order valence-corrected chi connectivity index (χ4v) is 2.49. The summed E-state index contributed by atoms with van der Waals surface area (Å²) >= 11 is 0. The van der Waals surface area contributed by atoms with Crippen molar-refractivity contribution in [2.75, 3.05) is 6.54 Å². The van der Waals surface area contributed by atoms with Gasteiger partial charge in [0.05, 0.1) is 0 Å². The molecule has 0 aliphatic heterocycles. The van der Waals surface area contributed by atoms with Gasteiger partial charge in [0.2, 0.25) is 0 Å². The number of carbonyl (C=O) groups is 1. The highest BCUT2D eigenvalue weighted by Gasteiger charge is 2.06. The van der Waals surface area contributed by atoms with Gasteiger partial charge in [-0.05, 0) is 48.1 Å². The number of amides is 1. The van der Waals surface area contributed by atoms with Crippen LogP contribution in [0.1, 0.15) is 21.5 Å². The second kappa shape index (κ2) is 5.83. The van der Waals surface area contributed by atoms with Crippen LogP contribution >= 0.6 is 0 Å². The van der Waals surface area contributed by atoms with Gasteiger partial charge >= 0.3 is 0 Å². The number of aromatic nitrogens is 1. The molecule has 0 saturated carbocycles. The molecule has 1 amide bonds. The van der Waals surface area contributed by atoms with Gasteiger partial charge < -0.3 is 10.3 Å². The zero-order chi connectivity index (χ0) is 14.7. The molecule has 0 radical (unpaired) electrons. The molecule has 1 aromatic heterocycles. The van der Waals surface area contributed by atoms with E-state index >= 15 is 0 Å². The number of H-pyrrole nitrogens is 1. The molecule has 0 saturated heterocycles. The summed E-state index contributed by atoms with van der Waals surface area (Å²) in [5.41, 5.74) is 4.22. The van der Waals surface area contributed by atoms with E-state index in [4.69, 9.17) is 0 Å². The molecule has 0 unspecified atom stereocenters. The number of rotatable bonds is 4. The van der Waals surface area contributed by atoms with Crippen molar-refractivity contribution < 1.29 is 4.79 Å². The number of nitrogens with one attached hydrogen (secondary N) is 2. The first kappa shape index (κ1) is 13.4. The lowest BCUT2D eigenvalue weighted by molar-refractivity contribution is 0.0954. The van der Waals surface area contributed by atoms with E-state index in [0.29, 0.717) is 12.1 Å². The first-order valence-corrected chi connectivity index (χ1v) is 7.14. The van der Waals surface area contributed by atoms with Crippen LogP contribution in [0.4, 0.5) is 0 Å². The third-order valence-electron chi connectivity index (χ3n) is 3.76. The third kappa shape index (κ3) is 2.97. The number of hydrogen-bond donors (Lipinski definition) is 2. The minimum atomic E-state index is -0.0277. The van der Waals surface area contributed by atoms with E-state index in [1.807, 2.05) is 42.6 Å². The molecule has 1 heterocycles. The Labute approximate surface area is 124 Å². The van der Waals surface area contributed by atoms with Crippen LogP contribution in [-0.4, -0.2) is 17.4 Å². The topological polar surface area (TPSA) is 44.9 Å². The normalized spacial score (nSPS) is 10.7. The molecular formula is C18H18N2O. The second-order valence-electron chi connectivity index (χ2n) is 5.21. The molecule has 2 N–H and O–H groups in total. The molecule has 0 aliphatic rings. The third-order valence-corrected chi connectivity index (χ3v) is 3.76. The lowest BCUT2D eigenvalue weighted by Gasteiger charge is -2.07. The van der Waals surface area contributed by atoms with Crippen molar-refractivity contribution in [2.45, 2.75) is 13.3 Å². The summed E-state index contributed by atoms with van der Waals surface area (Å²) in [7, 11) is 0. The highest BCUT2D eigenvalue weighted by Crippen LogP contribution is 2.14. The van der Waals surface area contributed by atoms with Gasteiger partial charge in [0, 0.05) is 23.8 Å². The van der Waals surface area contributed by atoms with E-state index in [-0.39, 0.29) is 5.91 Å². The summed E-state index contributed by atoms with van der Waals surface area (Å²) in [6.45, 7) is 2.74. The maximum Gasteiger partial charge on any atom is 0.251 e. The minimum Gasteiger partial charge on any atom is -0.361 e. The summed E-state index contributed by atoms with van der Waals surface area (Å²) in [6.07, 6.45) is 2.73. The van der Waals surface area contributed by atoms with Crippen LogP contribution in [0.2, 0.25) is 0 Å². The van der Waals surface area contributed by atoms with E-state index in [2.05, 4.69) is 29.4 Å². The first-order chi connectivity index (χ1) is 10.2. The van der Waals surface area contributed by atoms with E-state index in [1.165, 1.54) is 11.1 Å². The van der Waals surface area contributed by atoms with Crippen LogP contribution in [0.25, 0.3) is 10.9 Å². The molecule has 0 fully saturated rings. The fourth-order valence-electron chi connectivity index (χ4n) is 2.49. The Morgan fingerprint density at radius 2 is 2.00 bits per heavy atom. The second-order valence-corrected chi connectivity index (χ2v) is 5.21. The van der Waals surface area contributed by atoms with Gasteiger partial charge in [-0.15, -0.1) is 0 Å². The van der Waals surface area contributed by atoms with Gasteiger partial charge in [0.15, 0.2) is 0 Å². The van der Waals surface area contributed by atoms with Crippen LogP contribution < -0.4 is 5.32 Å². The van der Waals surface area contributed by atoms with E-state index in [9.17, 15) is 4.79 Å². The average molecular weight is 278 g/mol. The van der Waals surface area contributed by atoms with E-state index in [1.54, 1.807) is 0 Å². The molecule has 0 bridgehead atoms. The van der Waals surface area contributed by atoms with Crippen molar-refractivity contribution >= 4 is 16.8 Å². The van der Waals surface area contributed by atoms with Crippen LogP contribution in [0, 0.1) is 6.92 Å². The highest BCUT2D eigenvalue weighted by molar-refractivity contribution is 5.97. The molecule has 3 aromatic rings. The van der Waals surface area contributed by atoms with E-state index in [0.717, 1.165) is 17.3 Å². The first-order valence-electron chi connectivity index (χ1n) is 7.14. The molecule has 21 heavy (non-hydrogen) atoms. The summed E-state index contributed by atoms with van der Waals surface area (Å²) in [4.78, 5) is 15.3. The Morgan fingerprint density at radius 3 is 2.86 bits per heavy atom. The Morgan fingerprint density at radius 1 is 1.14 bits per heavy atom. The maximum atomic E-state index is 12.2. The fraction of sp³-hybridized carbons (Fsp3) is 0.167. The van der Waals surface area contributed by atoms with Gasteiger partial charge in [-0.25, -0.2) is 0 Å². The SMILES string of the molecule is Cc1ccccc1CCNC(=O)c1ccc2cc[nH]c2c1. The Bertz CT molecular complexity index is 773. The predicted molar refractivity (Wildman–Crippen MR) is 85.5 cm³/mol. The number of hydrogen-bond acceptors (Lipinski definition) is 1. The van der Waals surface area contributed by atoms with Crippen LogP contribution in [-0.2, 0) is 6.42 Å². The molecule has 3 rings (SSSR count). The van der Waals surface area contributed by atoms with Gasteiger partial charge in [-0.2, -0.15) is 0 Å². The molecule has 0 spiro atoms. The molecule has 0 atom stereocenters. The van der Waals surface area contributed by atoms with Crippen LogP contribution in [0.3, 0.4) is 0 Å². The smallest absolute Gasteiger partial charge is 0.251 e. The minimum absolute atomic E-state index is 0.0277. The van der Waals surface area contributed by atoms with Crippen LogP contribution in [0.5, 0.6) is 0 Å². The summed E-state index contributed by atoms with van der Waals surface area (Å²) in [5.74, 6) is -0.0277. The van der Waals surface area contributed by atoms with Gasteiger partial charge in [0.1, 0.15) is 0 Å². The molecule has 3 nitrogen and oxygen atoms in total. The number of fused-ring (bicyclic) bond motifs is 1. The van der Waals surface area contributed by atoms with Gasteiger partial charge in [-0.3, -0.25) is 4.79 Å². The number of benzene rings is 2. The lowest BCUT2D eigenvalue weighted by Crippen LogP contribution is -2.25. The van der Waals surface area contributed by atoms with Crippen molar-refractivity contribution in [3.8, 4) is 0 Å². The van der Waals surface area contributed by atoms with Gasteiger partial charge in [0.25, 0.3) is 5.91 Å². The molecule has 106 valence electrons. The zero-order valence-corrected chi connectivity index (χ0v) is 12.0. The Kier molecular flexibility index (Phi) is 3.73. The number of aromatic amines is 1. The molecular weight excluding hydrogens is 260 g/mol. The highest BCUT2D eigenvalue weighted by atomic mass is 16.1. The lowest BCUT2D eigenvalue weighted by atomic mass is 10.1. The predicted octanol–water partition coefficient (Wildman–Crippen LogP) is 3.45. The van der Waals surface area contributed by atoms with Crippen molar-refractivity contribution in [3.63, 3.8) is 0 Å². The standard InChI is InChI=1S/C18H18N2O/c1-13-4-2-3-5-14(13)8-11-20-18(21)16-7-6-15-9-10-19-17(15)12-16/h2-7,9-10,12,19H,8,11H2,1H3,(H,20,21). The number of carbonyl (C=O) groups excluding carboxylic acids is 1. The molecule has 2 aromatic carbocycles. The Balaban J connectivity index is 1.62. The summed E-state index contributed by atoms with van der Waals surface area (Å²) in [5, 5.41) is 4.10. The summed E-state index contributed by atoms with van der Waals surface area (Å²) in [6, 6.07) is 16.0. The van der Waals surface area contributed by atoms with Crippen LogP contribution in [0.15, 0.2) is 54.7 Å². The average Bonchev–Trinajstić information content (AvgIpc) is 2.96. The Hall–Kier alpha value is -2.55. The largest absolute Gasteiger partial charge is 0.361 e. The van der Waals surface area contributed by atoms with Gasteiger partial charge in [-0.1, -0.05) is 30.3 Å². The van der Waals surface area contributed by atoms with Crippen molar-refractivity contribution in [2.24, 2.45) is 0 Å². The zero-order valence-electron chi connectivity index (χ0n) is 12.0.